The first-order valence-electron chi connectivity index (χ1n) is 5.05. The molecule has 1 aromatic rings. The Balaban J connectivity index is 2.05. The van der Waals surface area contributed by atoms with Crippen LogP contribution in [-0.2, 0) is 0 Å². The van der Waals surface area contributed by atoms with Gasteiger partial charge in [-0.1, -0.05) is 0 Å². The van der Waals surface area contributed by atoms with Crippen LogP contribution in [0.4, 0.5) is 10.1 Å². The van der Waals surface area contributed by atoms with Crippen molar-refractivity contribution in [1.82, 2.24) is 0 Å². The van der Waals surface area contributed by atoms with E-state index in [4.69, 9.17) is 0 Å². The predicted molar refractivity (Wildman–Crippen MR) is 68.1 cm³/mol. The van der Waals surface area contributed by atoms with Gasteiger partial charge >= 0.3 is 0 Å². The van der Waals surface area contributed by atoms with Crippen molar-refractivity contribution in [3.8, 4) is 0 Å². The van der Waals surface area contributed by atoms with Gasteiger partial charge in [-0.3, -0.25) is 0 Å². The fourth-order valence-electron chi connectivity index (χ4n) is 1.67. The smallest absolute Gasteiger partial charge is 0.125 e. The van der Waals surface area contributed by atoms with Crippen molar-refractivity contribution >= 4 is 33.4 Å². The summed E-state index contributed by atoms with van der Waals surface area (Å²) < 4.78 is 14.0. The van der Waals surface area contributed by atoms with Crippen molar-refractivity contribution in [2.45, 2.75) is 18.9 Å². The van der Waals surface area contributed by atoms with E-state index >= 15 is 0 Å². The summed E-state index contributed by atoms with van der Waals surface area (Å²) in [7, 11) is 0. The molecule has 1 aromatic carbocycles. The van der Waals surface area contributed by atoms with Crippen LogP contribution in [0.15, 0.2) is 22.7 Å². The Morgan fingerprint density at radius 1 is 1.33 bits per heavy atom. The molecule has 0 spiro atoms. The fourth-order valence-corrected chi connectivity index (χ4v) is 3.14. The van der Waals surface area contributed by atoms with Crippen LogP contribution in [0.25, 0.3) is 0 Å². The molecule has 0 aromatic heterocycles. The Morgan fingerprint density at radius 3 is 2.80 bits per heavy atom. The summed E-state index contributed by atoms with van der Waals surface area (Å²) in [6.45, 7) is 0. The molecule has 0 amide bonds. The van der Waals surface area contributed by atoms with Gasteiger partial charge < -0.3 is 5.32 Å². The van der Waals surface area contributed by atoms with Crippen molar-refractivity contribution in [3.63, 3.8) is 0 Å². The summed E-state index contributed by atoms with van der Waals surface area (Å²) in [5, 5.41) is 3.39. The van der Waals surface area contributed by atoms with Crippen LogP contribution >= 0.6 is 27.7 Å². The summed E-state index contributed by atoms with van der Waals surface area (Å²) >= 11 is 5.41. The third-order valence-electron chi connectivity index (χ3n) is 2.51. The second-order valence-electron chi connectivity index (χ2n) is 3.66. The third kappa shape index (κ3) is 3.11. The zero-order valence-electron chi connectivity index (χ0n) is 8.30. The Hall–Kier alpha value is -0.220. The molecule has 4 heteroatoms. The third-order valence-corrected chi connectivity index (χ3v) is 4.25. The molecule has 2 rings (SSSR count). The normalized spacial score (nSPS) is 17.7. The maximum Gasteiger partial charge on any atom is 0.125 e. The number of hydrogen-bond donors (Lipinski definition) is 1. The molecular weight excluding hydrogens is 277 g/mol. The Kier molecular flexibility index (Phi) is 3.92. The lowest BCUT2D eigenvalue weighted by molar-refractivity contribution is 0.625. The van der Waals surface area contributed by atoms with E-state index in [1.54, 1.807) is 12.1 Å². The van der Waals surface area contributed by atoms with Gasteiger partial charge in [-0.2, -0.15) is 11.8 Å². The van der Waals surface area contributed by atoms with Crippen molar-refractivity contribution in [1.29, 1.82) is 0 Å². The fraction of sp³-hybridized carbons (Fsp3) is 0.455. The van der Waals surface area contributed by atoms with Crippen LogP contribution in [0.5, 0.6) is 0 Å². The summed E-state index contributed by atoms with van der Waals surface area (Å²) in [4.78, 5) is 0. The summed E-state index contributed by atoms with van der Waals surface area (Å²) in [5.41, 5.74) is 0.868. The Labute approximate surface area is 102 Å². The first kappa shape index (κ1) is 11.3. The molecule has 0 atom stereocenters. The van der Waals surface area contributed by atoms with E-state index in [1.165, 1.54) is 17.6 Å². The maximum atomic E-state index is 13.0. The molecule has 0 unspecified atom stereocenters. The van der Waals surface area contributed by atoms with E-state index in [2.05, 4.69) is 21.2 Å². The van der Waals surface area contributed by atoms with E-state index in [1.807, 2.05) is 11.8 Å². The van der Waals surface area contributed by atoms with Gasteiger partial charge in [-0.25, -0.2) is 4.39 Å². The number of thioether (sulfide) groups is 1. The van der Waals surface area contributed by atoms with Crippen LogP contribution in [0.3, 0.4) is 0 Å². The zero-order valence-corrected chi connectivity index (χ0v) is 10.7. The van der Waals surface area contributed by atoms with E-state index in [-0.39, 0.29) is 5.82 Å². The number of halogens is 2. The van der Waals surface area contributed by atoms with Gasteiger partial charge in [0.2, 0.25) is 0 Å². The molecule has 0 saturated carbocycles. The van der Waals surface area contributed by atoms with Gasteiger partial charge in [-0.15, -0.1) is 0 Å². The topological polar surface area (TPSA) is 12.0 Å². The average Bonchev–Trinajstić information content (AvgIpc) is 2.25. The number of anilines is 1. The molecule has 0 bridgehead atoms. The van der Waals surface area contributed by atoms with Gasteiger partial charge in [0.05, 0.1) is 5.69 Å². The highest BCUT2D eigenvalue weighted by Crippen LogP contribution is 2.27. The van der Waals surface area contributed by atoms with E-state index in [9.17, 15) is 4.39 Å². The van der Waals surface area contributed by atoms with Gasteiger partial charge in [0, 0.05) is 10.5 Å². The SMILES string of the molecule is Fc1ccc(Br)c(NC2CCSCC2)c1. The number of rotatable bonds is 2. The molecule has 1 saturated heterocycles. The van der Waals surface area contributed by atoms with Gasteiger partial charge in [-0.05, 0) is 58.5 Å². The average molecular weight is 290 g/mol. The quantitative estimate of drug-likeness (QED) is 0.886. The van der Waals surface area contributed by atoms with Crippen molar-refractivity contribution in [2.24, 2.45) is 0 Å². The lowest BCUT2D eigenvalue weighted by Crippen LogP contribution is -2.24. The van der Waals surface area contributed by atoms with Crippen molar-refractivity contribution in [2.75, 3.05) is 16.8 Å². The summed E-state index contributed by atoms with van der Waals surface area (Å²) in [6.07, 6.45) is 2.32. The highest BCUT2D eigenvalue weighted by atomic mass is 79.9. The second-order valence-corrected chi connectivity index (χ2v) is 5.73. The molecule has 1 fully saturated rings. The largest absolute Gasteiger partial charge is 0.381 e. The van der Waals surface area contributed by atoms with Crippen LogP contribution in [0.1, 0.15) is 12.8 Å². The van der Waals surface area contributed by atoms with Gasteiger partial charge in [0.15, 0.2) is 0 Å². The predicted octanol–water partition coefficient (Wildman–Crippen LogP) is 3.90. The minimum Gasteiger partial charge on any atom is -0.381 e. The summed E-state index contributed by atoms with van der Waals surface area (Å²) in [6, 6.07) is 5.25. The second kappa shape index (κ2) is 5.21. The minimum absolute atomic E-state index is 0.189. The highest BCUT2D eigenvalue weighted by Gasteiger charge is 2.14. The van der Waals surface area contributed by atoms with Gasteiger partial charge in [0.25, 0.3) is 0 Å². The zero-order chi connectivity index (χ0) is 10.7. The summed E-state index contributed by atoms with van der Waals surface area (Å²) in [5.74, 6) is 2.21. The van der Waals surface area contributed by atoms with E-state index in [0.717, 1.165) is 23.0 Å². The molecule has 1 N–H and O–H groups in total. The van der Waals surface area contributed by atoms with Crippen LogP contribution in [0.2, 0.25) is 0 Å². The molecular formula is C11H13BrFNS. The van der Waals surface area contributed by atoms with Crippen LogP contribution in [-0.4, -0.2) is 17.5 Å². The maximum absolute atomic E-state index is 13.0. The van der Waals surface area contributed by atoms with Crippen LogP contribution in [0, 0.1) is 5.82 Å². The molecule has 0 radical (unpaired) electrons. The molecule has 0 aliphatic carbocycles. The number of benzene rings is 1. The van der Waals surface area contributed by atoms with E-state index in [0.29, 0.717) is 6.04 Å². The Bertz CT molecular complexity index is 339. The first-order chi connectivity index (χ1) is 7.25. The van der Waals surface area contributed by atoms with E-state index < -0.39 is 0 Å². The lowest BCUT2D eigenvalue weighted by atomic mass is 10.1. The monoisotopic (exact) mass is 289 g/mol. The molecule has 1 aliphatic heterocycles. The molecule has 1 aliphatic rings. The molecule has 1 nitrogen and oxygen atoms in total. The number of hydrogen-bond acceptors (Lipinski definition) is 2. The highest BCUT2D eigenvalue weighted by molar-refractivity contribution is 9.10. The van der Waals surface area contributed by atoms with Crippen molar-refractivity contribution in [3.05, 3.63) is 28.5 Å². The first-order valence-corrected chi connectivity index (χ1v) is 7.00. The number of nitrogens with one attached hydrogen (secondary N) is 1. The Morgan fingerprint density at radius 2 is 2.07 bits per heavy atom. The molecule has 1 heterocycles. The molecule has 82 valence electrons. The van der Waals surface area contributed by atoms with Crippen molar-refractivity contribution < 1.29 is 4.39 Å². The minimum atomic E-state index is -0.189. The molecule has 15 heavy (non-hydrogen) atoms. The van der Waals surface area contributed by atoms with Gasteiger partial charge in [0.1, 0.15) is 5.82 Å². The lowest BCUT2D eigenvalue weighted by Gasteiger charge is -2.24. The van der Waals surface area contributed by atoms with Crippen LogP contribution < -0.4 is 5.32 Å². The standard InChI is InChI=1S/C11H13BrFNS/c12-10-2-1-8(13)7-11(10)14-9-3-5-15-6-4-9/h1-2,7,9,14H,3-6H2.